The van der Waals surface area contributed by atoms with Crippen molar-refractivity contribution in [3.05, 3.63) is 33.9 Å². The molecule has 0 bridgehead atoms. The van der Waals surface area contributed by atoms with Crippen molar-refractivity contribution in [3.63, 3.8) is 0 Å². The number of nitro groups is 1. The zero-order valence-electron chi connectivity index (χ0n) is 14.0. The van der Waals surface area contributed by atoms with Crippen molar-refractivity contribution in [2.75, 3.05) is 18.4 Å². The molecule has 128 valence electrons. The van der Waals surface area contributed by atoms with Gasteiger partial charge in [-0.2, -0.15) is 0 Å². The second-order valence-electron chi connectivity index (χ2n) is 5.76. The Morgan fingerprint density at radius 1 is 1.39 bits per heavy atom. The zero-order chi connectivity index (χ0) is 17.4. The summed E-state index contributed by atoms with van der Waals surface area (Å²) in [5, 5.41) is 16.8. The highest BCUT2D eigenvalue weighted by molar-refractivity contribution is 5.81. The number of carbonyl (C=O) groups excluding carboxylic acids is 1. The number of nitro benzene ring substituents is 1. The number of hydrogen-bond acceptors (Lipinski definition) is 5. The van der Waals surface area contributed by atoms with Crippen LogP contribution in [-0.2, 0) is 4.79 Å². The topological polar surface area (TPSA) is 110 Å². The molecular formula is C16H26N4O3. The highest BCUT2D eigenvalue weighted by Crippen LogP contribution is 2.25. The Kier molecular flexibility index (Phi) is 7.47. The minimum Gasteiger partial charge on any atom is -0.379 e. The number of benzene rings is 1. The molecule has 1 aromatic carbocycles. The Labute approximate surface area is 136 Å². The molecule has 0 aromatic heterocycles. The summed E-state index contributed by atoms with van der Waals surface area (Å²) in [4.78, 5) is 22.4. The summed E-state index contributed by atoms with van der Waals surface area (Å²) in [7, 11) is 0. The predicted octanol–water partition coefficient (Wildman–Crippen LogP) is 2.19. The van der Waals surface area contributed by atoms with E-state index in [-0.39, 0.29) is 17.5 Å². The van der Waals surface area contributed by atoms with E-state index in [4.69, 9.17) is 5.73 Å². The number of nitrogens with one attached hydrogen (secondary N) is 2. The molecule has 0 spiro atoms. The van der Waals surface area contributed by atoms with Crippen molar-refractivity contribution in [3.8, 4) is 0 Å². The molecule has 7 nitrogen and oxygen atoms in total. The van der Waals surface area contributed by atoms with Gasteiger partial charge in [0.1, 0.15) is 5.69 Å². The van der Waals surface area contributed by atoms with Gasteiger partial charge in [-0.25, -0.2) is 0 Å². The molecular weight excluding hydrogens is 296 g/mol. The van der Waals surface area contributed by atoms with Crippen LogP contribution in [0.4, 0.5) is 11.4 Å². The van der Waals surface area contributed by atoms with Crippen LogP contribution >= 0.6 is 0 Å². The minimum absolute atomic E-state index is 0.0628. The Bertz CT molecular complexity index is 548. The third kappa shape index (κ3) is 5.86. The molecule has 2 atom stereocenters. The van der Waals surface area contributed by atoms with Crippen LogP contribution in [0.1, 0.15) is 32.3 Å². The number of carbonyl (C=O) groups is 1. The molecule has 0 aliphatic heterocycles. The van der Waals surface area contributed by atoms with E-state index >= 15 is 0 Å². The van der Waals surface area contributed by atoms with Crippen LogP contribution in [0.25, 0.3) is 0 Å². The minimum atomic E-state index is -0.494. The van der Waals surface area contributed by atoms with Crippen molar-refractivity contribution in [1.29, 1.82) is 0 Å². The lowest BCUT2D eigenvalue weighted by Crippen LogP contribution is -2.45. The molecule has 0 fully saturated rings. The van der Waals surface area contributed by atoms with Crippen molar-refractivity contribution in [2.24, 2.45) is 11.7 Å². The van der Waals surface area contributed by atoms with Gasteiger partial charge >= 0.3 is 0 Å². The number of nitrogens with two attached hydrogens (primary N) is 1. The lowest BCUT2D eigenvalue weighted by Gasteiger charge is -2.17. The first-order chi connectivity index (χ1) is 10.9. The Morgan fingerprint density at radius 3 is 2.70 bits per heavy atom. The maximum Gasteiger partial charge on any atom is 0.292 e. The van der Waals surface area contributed by atoms with Crippen molar-refractivity contribution < 1.29 is 9.72 Å². The average molecular weight is 322 g/mol. The van der Waals surface area contributed by atoms with Gasteiger partial charge in [0.15, 0.2) is 0 Å². The molecule has 0 saturated heterocycles. The van der Waals surface area contributed by atoms with Crippen LogP contribution in [0.2, 0.25) is 0 Å². The van der Waals surface area contributed by atoms with Gasteiger partial charge in [0.2, 0.25) is 5.91 Å². The molecule has 1 aromatic rings. The molecule has 7 heteroatoms. The van der Waals surface area contributed by atoms with Gasteiger partial charge in [-0.1, -0.05) is 26.3 Å². The summed E-state index contributed by atoms with van der Waals surface area (Å²) in [5.74, 6) is -0.0102. The van der Waals surface area contributed by atoms with E-state index in [1.54, 1.807) is 6.07 Å². The number of hydrogen-bond donors (Lipinski definition) is 3. The second kappa shape index (κ2) is 9.09. The zero-order valence-corrected chi connectivity index (χ0v) is 14.0. The number of aryl methyl sites for hydroxylation is 1. The number of amides is 1. The maximum absolute atomic E-state index is 11.8. The van der Waals surface area contributed by atoms with Gasteiger partial charge in [-0.3, -0.25) is 14.9 Å². The van der Waals surface area contributed by atoms with Gasteiger partial charge in [0.05, 0.1) is 11.0 Å². The first-order valence-electron chi connectivity index (χ1n) is 7.89. The van der Waals surface area contributed by atoms with E-state index < -0.39 is 11.0 Å². The first kappa shape index (κ1) is 18.9. The molecule has 1 amide bonds. The predicted molar refractivity (Wildman–Crippen MR) is 91.4 cm³/mol. The van der Waals surface area contributed by atoms with Crippen LogP contribution < -0.4 is 16.4 Å². The first-order valence-corrected chi connectivity index (χ1v) is 7.89. The van der Waals surface area contributed by atoms with Crippen LogP contribution in [-0.4, -0.2) is 30.0 Å². The lowest BCUT2D eigenvalue weighted by molar-refractivity contribution is -0.384. The van der Waals surface area contributed by atoms with E-state index in [1.807, 2.05) is 26.8 Å². The van der Waals surface area contributed by atoms with E-state index in [0.717, 1.165) is 12.0 Å². The molecule has 0 aliphatic rings. The van der Waals surface area contributed by atoms with Crippen molar-refractivity contribution in [2.45, 2.75) is 39.7 Å². The summed E-state index contributed by atoms with van der Waals surface area (Å²) in [6.07, 6.45) is 1.51. The van der Waals surface area contributed by atoms with E-state index in [1.165, 1.54) is 6.07 Å². The van der Waals surface area contributed by atoms with Crippen LogP contribution in [0.15, 0.2) is 18.2 Å². The van der Waals surface area contributed by atoms with Crippen LogP contribution in [0, 0.1) is 23.0 Å². The number of rotatable bonds is 9. The second-order valence-corrected chi connectivity index (χ2v) is 5.76. The summed E-state index contributed by atoms with van der Waals surface area (Å²) >= 11 is 0. The molecule has 2 unspecified atom stereocenters. The Morgan fingerprint density at radius 2 is 2.09 bits per heavy atom. The molecule has 0 heterocycles. The summed E-state index contributed by atoms with van der Waals surface area (Å²) in [6, 6.07) is 4.56. The number of anilines is 1. The normalized spacial score (nSPS) is 13.2. The fourth-order valence-corrected chi connectivity index (χ4v) is 2.10. The highest BCUT2D eigenvalue weighted by atomic mass is 16.6. The summed E-state index contributed by atoms with van der Waals surface area (Å²) in [5.41, 5.74) is 7.23. The molecule has 0 radical (unpaired) electrons. The lowest BCUT2D eigenvalue weighted by atomic mass is 9.99. The van der Waals surface area contributed by atoms with E-state index in [9.17, 15) is 14.9 Å². The van der Waals surface area contributed by atoms with Gasteiger partial charge in [0.25, 0.3) is 5.69 Å². The molecule has 0 aliphatic carbocycles. The fourth-order valence-electron chi connectivity index (χ4n) is 2.10. The van der Waals surface area contributed by atoms with Gasteiger partial charge < -0.3 is 16.4 Å². The quantitative estimate of drug-likeness (QED) is 0.367. The van der Waals surface area contributed by atoms with Gasteiger partial charge in [0, 0.05) is 19.2 Å². The van der Waals surface area contributed by atoms with Crippen molar-refractivity contribution >= 4 is 17.3 Å². The Hall–Kier alpha value is -2.15. The molecule has 23 heavy (non-hydrogen) atoms. The van der Waals surface area contributed by atoms with E-state index in [0.29, 0.717) is 25.2 Å². The average Bonchev–Trinajstić information content (AvgIpc) is 2.53. The van der Waals surface area contributed by atoms with Crippen LogP contribution in [0.5, 0.6) is 0 Å². The monoisotopic (exact) mass is 322 g/mol. The van der Waals surface area contributed by atoms with Crippen molar-refractivity contribution in [1.82, 2.24) is 5.32 Å². The number of nitrogens with zero attached hydrogens (tertiary/aromatic N) is 1. The van der Waals surface area contributed by atoms with E-state index in [2.05, 4.69) is 10.6 Å². The molecule has 1 rings (SSSR count). The SMILES string of the molecule is CCC(C)C(N)C(=O)NCCCNc1ccc(C)cc1[N+](=O)[O-]. The molecule has 0 saturated carbocycles. The largest absolute Gasteiger partial charge is 0.379 e. The summed E-state index contributed by atoms with van der Waals surface area (Å²) in [6.45, 7) is 6.77. The van der Waals surface area contributed by atoms with Crippen LogP contribution in [0.3, 0.4) is 0 Å². The van der Waals surface area contributed by atoms with Gasteiger partial charge in [-0.15, -0.1) is 0 Å². The highest BCUT2D eigenvalue weighted by Gasteiger charge is 2.18. The van der Waals surface area contributed by atoms with Gasteiger partial charge in [-0.05, 0) is 30.9 Å². The third-order valence-corrected chi connectivity index (χ3v) is 3.88. The smallest absolute Gasteiger partial charge is 0.292 e. The maximum atomic E-state index is 11.8. The summed E-state index contributed by atoms with van der Waals surface area (Å²) < 4.78 is 0. The third-order valence-electron chi connectivity index (χ3n) is 3.88. The Balaban J connectivity index is 2.39. The standard InChI is InChI=1S/C16H26N4O3/c1-4-12(3)15(17)16(21)19-9-5-8-18-13-7-6-11(2)10-14(13)20(22)23/h6-7,10,12,15,18H,4-5,8-9,17H2,1-3H3,(H,19,21). The molecule has 4 N–H and O–H groups in total. The fraction of sp³-hybridized carbons (Fsp3) is 0.562.